The van der Waals surface area contributed by atoms with E-state index in [-0.39, 0.29) is 18.2 Å². The van der Waals surface area contributed by atoms with Crippen molar-refractivity contribution < 1.29 is 5.11 Å². The smallest absolute Gasteiger partial charge is 0.270 e. The van der Waals surface area contributed by atoms with Crippen molar-refractivity contribution in [2.45, 2.75) is 19.6 Å². The van der Waals surface area contributed by atoms with Gasteiger partial charge < -0.3 is 10.8 Å². The van der Waals surface area contributed by atoms with Gasteiger partial charge in [-0.1, -0.05) is 30.3 Å². The molecule has 5 heteroatoms. The Kier molecular flexibility index (Phi) is 3.65. The minimum Gasteiger partial charge on any atom is -0.398 e. The first-order valence-electron chi connectivity index (χ1n) is 7.07. The van der Waals surface area contributed by atoms with Gasteiger partial charge in [0.05, 0.1) is 29.9 Å². The van der Waals surface area contributed by atoms with Crippen molar-refractivity contribution in [2.24, 2.45) is 0 Å². The summed E-state index contributed by atoms with van der Waals surface area (Å²) in [6, 6.07) is 13.1. The van der Waals surface area contributed by atoms with Crippen LogP contribution < -0.4 is 11.3 Å². The fourth-order valence-electron chi connectivity index (χ4n) is 2.66. The van der Waals surface area contributed by atoms with E-state index >= 15 is 0 Å². The van der Waals surface area contributed by atoms with Crippen molar-refractivity contribution in [3.8, 4) is 0 Å². The van der Waals surface area contributed by atoms with E-state index in [9.17, 15) is 9.90 Å². The highest BCUT2D eigenvalue weighted by Crippen LogP contribution is 2.24. The van der Waals surface area contributed by atoms with Crippen LogP contribution in [-0.4, -0.2) is 14.7 Å². The molecule has 0 spiro atoms. The molecule has 2 aromatic carbocycles. The van der Waals surface area contributed by atoms with Gasteiger partial charge in [-0.3, -0.25) is 9.36 Å². The van der Waals surface area contributed by atoms with Crippen molar-refractivity contribution in [3.05, 3.63) is 70.1 Å². The van der Waals surface area contributed by atoms with Crippen LogP contribution in [0.3, 0.4) is 0 Å². The Labute approximate surface area is 127 Å². The molecule has 112 valence electrons. The first-order chi connectivity index (χ1) is 10.6. The Hall–Kier alpha value is -2.66. The van der Waals surface area contributed by atoms with E-state index in [2.05, 4.69) is 4.98 Å². The molecule has 0 saturated heterocycles. The van der Waals surface area contributed by atoms with Crippen molar-refractivity contribution in [1.82, 2.24) is 9.55 Å². The summed E-state index contributed by atoms with van der Waals surface area (Å²) >= 11 is 0. The maximum atomic E-state index is 12.3. The first-order valence-corrected chi connectivity index (χ1v) is 7.07. The Balaban J connectivity index is 2.28. The zero-order valence-electron chi connectivity index (χ0n) is 12.2. The molecule has 3 aromatic rings. The molecule has 3 N–H and O–H groups in total. The van der Waals surface area contributed by atoms with Crippen LogP contribution >= 0.6 is 0 Å². The van der Waals surface area contributed by atoms with E-state index in [0.717, 1.165) is 5.56 Å². The molecule has 1 aromatic heterocycles. The van der Waals surface area contributed by atoms with Crippen molar-refractivity contribution in [2.75, 3.05) is 5.73 Å². The number of nitrogens with two attached hydrogens (primary N) is 1. The van der Waals surface area contributed by atoms with Crippen LogP contribution in [0.15, 0.2) is 53.5 Å². The Morgan fingerprint density at radius 3 is 2.68 bits per heavy atom. The second kappa shape index (κ2) is 5.61. The molecule has 0 bridgehead atoms. The molecule has 0 aliphatic carbocycles. The molecule has 1 heterocycles. The van der Waals surface area contributed by atoms with Gasteiger partial charge in [0.25, 0.3) is 5.56 Å². The van der Waals surface area contributed by atoms with Crippen LogP contribution in [0.25, 0.3) is 11.0 Å². The van der Waals surface area contributed by atoms with Gasteiger partial charge in [0.15, 0.2) is 0 Å². The number of fused-ring (bicyclic) bond motifs is 1. The number of benzene rings is 2. The normalized spacial score (nSPS) is 12.5. The zero-order valence-corrected chi connectivity index (χ0v) is 12.2. The standard InChI is InChI=1S/C17H17N3O2/c1-11(12-5-3-2-4-6-12)20-16-7-13(10-21)14(18)8-15(16)19-9-17(20)22/h2-9,11,21H,10,18H2,1H3/t11-/m0/s1. The van der Waals surface area contributed by atoms with Gasteiger partial charge in [-0.2, -0.15) is 0 Å². The van der Waals surface area contributed by atoms with Gasteiger partial charge in [-0.25, -0.2) is 4.98 Å². The third-order valence-electron chi connectivity index (χ3n) is 3.89. The van der Waals surface area contributed by atoms with Gasteiger partial charge in [0.2, 0.25) is 0 Å². The largest absolute Gasteiger partial charge is 0.398 e. The summed E-state index contributed by atoms with van der Waals surface area (Å²) in [5, 5.41) is 9.41. The van der Waals surface area contributed by atoms with E-state index in [1.54, 1.807) is 16.7 Å². The lowest BCUT2D eigenvalue weighted by Crippen LogP contribution is -2.24. The summed E-state index contributed by atoms with van der Waals surface area (Å²) in [4.78, 5) is 16.5. The average molecular weight is 295 g/mol. The maximum absolute atomic E-state index is 12.3. The Bertz CT molecular complexity index is 872. The minimum absolute atomic E-state index is 0.144. The lowest BCUT2D eigenvalue weighted by molar-refractivity contribution is 0.282. The van der Waals surface area contributed by atoms with Crippen LogP contribution in [0.1, 0.15) is 24.1 Å². The predicted molar refractivity (Wildman–Crippen MR) is 86.6 cm³/mol. The van der Waals surface area contributed by atoms with E-state index < -0.39 is 0 Å². The highest BCUT2D eigenvalue weighted by atomic mass is 16.3. The van der Waals surface area contributed by atoms with Gasteiger partial charge in [-0.05, 0) is 24.6 Å². The quantitative estimate of drug-likeness (QED) is 0.725. The molecule has 3 rings (SSSR count). The number of nitrogens with zero attached hydrogens (tertiary/aromatic N) is 2. The molecule has 0 radical (unpaired) electrons. The van der Waals surface area contributed by atoms with Crippen LogP contribution in [0.2, 0.25) is 0 Å². The van der Waals surface area contributed by atoms with Crippen LogP contribution in [0.4, 0.5) is 5.69 Å². The summed E-state index contributed by atoms with van der Waals surface area (Å²) in [6.45, 7) is 1.79. The molecule has 0 fully saturated rings. The molecule has 1 atom stereocenters. The summed E-state index contributed by atoms with van der Waals surface area (Å²) in [5.41, 5.74) is 9.10. The molecular weight excluding hydrogens is 278 g/mol. The molecule has 0 unspecified atom stereocenters. The van der Waals surface area contributed by atoms with Gasteiger partial charge in [-0.15, -0.1) is 0 Å². The third-order valence-corrected chi connectivity index (χ3v) is 3.89. The lowest BCUT2D eigenvalue weighted by Gasteiger charge is -2.18. The van der Waals surface area contributed by atoms with E-state index in [0.29, 0.717) is 22.3 Å². The zero-order chi connectivity index (χ0) is 15.7. The number of aliphatic hydroxyl groups excluding tert-OH is 1. The summed E-state index contributed by atoms with van der Waals surface area (Å²) < 4.78 is 1.68. The third kappa shape index (κ3) is 2.35. The number of nitrogen functional groups attached to an aromatic ring is 1. The van der Waals surface area contributed by atoms with Gasteiger partial charge >= 0.3 is 0 Å². The Morgan fingerprint density at radius 1 is 1.27 bits per heavy atom. The topological polar surface area (TPSA) is 81.1 Å². The summed E-state index contributed by atoms with van der Waals surface area (Å²) in [6.07, 6.45) is 1.31. The minimum atomic E-state index is -0.183. The highest BCUT2D eigenvalue weighted by molar-refractivity contribution is 5.80. The SMILES string of the molecule is C[C@@H](c1ccccc1)n1c(=O)cnc2cc(N)c(CO)cc21. The van der Waals surface area contributed by atoms with Crippen LogP contribution in [0.5, 0.6) is 0 Å². The molecule has 0 saturated carbocycles. The van der Waals surface area contributed by atoms with E-state index in [4.69, 9.17) is 5.73 Å². The highest BCUT2D eigenvalue weighted by Gasteiger charge is 2.14. The van der Waals surface area contributed by atoms with Crippen molar-refractivity contribution in [1.29, 1.82) is 0 Å². The molecule has 0 aliphatic heterocycles. The first kappa shape index (κ1) is 14.3. The molecular formula is C17H17N3O2. The van der Waals surface area contributed by atoms with Gasteiger partial charge in [0, 0.05) is 11.3 Å². The van der Waals surface area contributed by atoms with E-state index in [1.807, 2.05) is 37.3 Å². The molecule has 0 amide bonds. The second-order valence-corrected chi connectivity index (χ2v) is 5.25. The van der Waals surface area contributed by atoms with Gasteiger partial charge in [0.1, 0.15) is 0 Å². The fourth-order valence-corrected chi connectivity index (χ4v) is 2.66. The fraction of sp³-hybridized carbons (Fsp3) is 0.176. The Morgan fingerprint density at radius 2 is 2.00 bits per heavy atom. The monoisotopic (exact) mass is 295 g/mol. The predicted octanol–water partition coefficient (Wildman–Crippen LogP) is 2.08. The van der Waals surface area contributed by atoms with E-state index in [1.165, 1.54) is 6.20 Å². The lowest BCUT2D eigenvalue weighted by atomic mass is 10.1. The van der Waals surface area contributed by atoms with Crippen molar-refractivity contribution >= 4 is 16.7 Å². The number of aliphatic hydroxyl groups is 1. The summed E-state index contributed by atoms with van der Waals surface area (Å²) in [7, 11) is 0. The average Bonchev–Trinajstić information content (AvgIpc) is 2.55. The number of aromatic nitrogens is 2. The number of hydrogen-bond acceptors (Lipinski definition) is 4. The second-order valence-electron chi connectivity index (χ2n) is 5.25. The van der Waals surface area contributed by atoms with Crippen LogP contribution in [0, 0.1) is 0 Å². The molecule has 5 nitrogen and oxygen atoms in total. The molecule has 0 aliphatic rings. The van der Waals surface area contributed by atoms with Crippen LogP contribution in [-0.2, 0) is 6.61 Å². The number of rotatable bonds is 3. The number of hydrogen-bond donors (Lipinski definition) is 2. The molecule has 22 heavy (non-hydrogen) atoms. The number of anilines is 1. The maximum Gasteiger partial charge on any atom is 0.270 e. The van der Waals surface area contributed by atoms with Crippen molar-refractivity contribution in [3.63, 3.8) is 0 Å². The summed E-state index contributed by atoms with van der Waals surface area (Å²) in [5.74, 6) is 0.